The van der Waals surface area contributed by atoms with Gasteiger partial charge in [0.05, 0.1) is 6.20 Å². The van der Waals surface area contributed by atoms with Gasteiger partial charge in [-0.2, -0.15) is 0 Å². The van der Waals surface area contributed by atoms with Crippen LogP contribution < -0.4 is 5.32 Å². The average Bonchev–Trinajstić information content (AvgIpc) is 3.05. The molecule has 5 nitrogen and oxygen atoms in total. The van der Waals surface area contributed by atoms with Crippen molar-refractivity contribution < 1.29 is 4.79 Å². The van der Waals surface area contributed by atoms with Crippen LogP contribution in [0.3, 0.4) is 0 Å². The number of carbonyl (C=O) groups is 1. The maximum atomic E-state index is 12.7. The van der Waals surface area contributed by atoms with Crippen LogP contribution in [0.4, 0.5) is 0 Å². The van der Waals surface area contributed by atoms with Gasteiger partial charge in [0.25, 0.3) is 5.91 Å². The summed E-state index contributed by atoms with van der Waals surface area (Å²) in [6.45, 7) is 2.65. The van der Waals surface area contributed by atoms with Gasteiger partial charge in [0.2, 0.25) is 0 Å². The summed E-state index contributed by atoms with van der Waals surface area (Å²) in [4.78, 5) is 23.7. The topological polar surface area (TPSA) is 58.1 Å². The van der Waals surface area contributed by atoms with Crippen molar-refractivity contribution in [3.05, 3.63) is 35.6 Å². The standard InChI is InChI=1S/C16H20N4OS/c1-17-9-12-3-2-8-20(11-12)16(21)14-10-19-15(22-14)13-4-6-18-7-5-13/h4-7,10,12,17H,2-3,8-9,11H2,1H3/t12-/m1/s1. The fourth-order valence-electron chi connectivity index (χ4n) is 2.86. The minimum Gasteiger partial charge on any atom is -0.338 e. The number of nitrogens with zero attached hydrogens (tertiary/aromatic N) is 3. The van der Waals surface area contributed by atoms with E-state index in [2.05, 4.69) is 15.3 Å². The van der Waals surface area contributed by atoms with E-state index in [0.717, 1.165) is 41.5 Å². The number of rotatable bonds is 4. The molecule has 2 aromatic rings. The minimum absolute atomic E-state index is 0.110. The SMILES string of the molecule is CNC[C@H]1CCCN(C(=O)c2cnc(-c3ccncc3)s2)C1. The first kappa shape index (κ1) is 15.1. The second kappa shape index (κ2) is 6.98. The number of pyridine rings is 1. The molecule has 0 aliphatic carbocycles. The van der Waals surface area contributed by atoms with E-state index in [9.17, 15) is 4.79 Å². The van der Waals surface area contributed by atoms with E-state index in [1.807, 2.05) is 24.1 Å². The van der Waals surface area contributed by atoms with E-state index in [1.165, 1.54) is 17.8 Å². The van der Waals surface area contributed by atoms with Crippen molar-refractivity contribution in [2.75, 3.05) is 26.7 Å². The third-order valence-corrected chi connectivity index (χ3v) is 4.98. The van der Waals surface area contributed by atoms with Gasteiger partial charge in [-0.15, -0.1) is 11.3 Å². The average molecular weight is 316 g/mol. The van der Waals surface area contributed by atoms with Crippen LogP contribution in [0.2, 0.25) is 0 Å². The molecule has 22 heavy (non-hydrogen) atoms. The quantitative estimate of drug-likeness (QED) is 0.940. The van der Waals surface area contributed by atoms with E-state index in [4.69, 9.17) is 0 Å². The Morgan fingerprint density at radius 1 is 1.45 bits per heavy atom. The van der Waals surface area contributed by atoms with Crippen LogP contribution in [0.25, 0.3) is 10.6 Å². The Morgan fingerprint density at radius 3 is 3.05 bits per heavy atom. The Kier molecular flexibility index (Phi) is 4.80. The van der Waals surface area contributed by atoms with E-state index in [1.54, 1.807) is 18.6 Å². The highest BCUT2D eigenvalue weighted by atomic mass is 32.1. The molecule has 0 aromatic carbocycles. The molecule has 1 aliphatic heterocycles. The monoisotopic (exact) mass is 316 g/mol. The van der Waals surface area contributed by atoms with Crippen molar-refractivity contribution in [3.8, 4) is 10.6 Å². The highest BCUT2D eigenvalue weighted by molar-refractivity contribution is 7.16. The zero-order chi connectivity index (χ0) is 15.4. The molecule has 2 aromatic heterocycles. The molecule has 0 radical (unpaired) electrons. The molecule has 1 atom stereocenters. The maximum absolute atomic E-state index is 12.7. The van der Waals surface area contributed by atoms with Crippen LogP contribution in [0.5, 0.6) is 0 Å². The van der Waals surface area contributed by atoms with Gasteiger partial charge >= 0.3 is 0 Å². The smallest absolute Gasteiger partial charge is 0.265 e. The molecule has 3 heterocycles. The minimum atomic E-state index is 0.110. The summed E-state index contributed by atoms with van der Waals surface area (Å²) in [7, 11) is 1.96. The normalized spacial score (nSPS) is 18.4. The zero-order valence-electron chi connectivity index (χ0n) is 12.7. The van der Waals surface area contributed by atoms with Gasteiger partial charge in [-0.1, -0.05) is 0 Å². The van der Waals surface area contributed by atoms with Gasteiger partial charge in [0.15, 0.2) is 0 Å². The van der Waals surface area contributed by atoms with Gasteiger partial charge in [0, 0.05) is 31.0 Å². The number of likely N-dealkylation sites (tertiary alicyclic amines) is 1. The van der Waals surface area contributed by atoms with E-state index < -0.39 is 0 Å². The van der Waals surface area contributed by atoms with E-state index in [0.29, 0.717) is 5.92 Å². The number of thiazole rings is 1. The third kappa shape index (κ3) is 3.34. The van der Waals surface area contributed by atoms with Crippen molar-refractivity contribution in [3.63, 3.8) is 0 Å². The van der Waals surface area contributed by atoms with Gasteiger partial charge in [-0.25, -0.2) is 4.98 Å². The molecule has 0 unspecified atom stereocenters. The van der Waals surface area contributed by atoms with Crippen LogP contribution >= 0.6 is 11.3 Å². The van der Waals surface area contributed by atoms with E-state index in [-0.39, 0.29) is 5.91 Å². The number of nitrogens with one attached hydrogen (secondary N) is 1. The first-order valence-electron chi connectivity index (χ1n) is 7.58. The van der Waals surface area contributed by atoms with Crippen molar-refractivity contribution in [1.82, 2.24) is 20.2 Å². The van der Waals surface area contributed by atoms with Crippen molar-refractivity contribution in [2.24, 2.45) is 5.92 Å². The molecule has 1 N–H and O–H groups in total. The van der Waals surface area contributed by atoms with Gasteiger partial charge in [-0.3, -0.25) is 9.78 Å². The van der Waals surface area contributed by atoms with Gasteiger partial charge < -0.3 is 10.2 Å². The fourth-order valence-corrected chi connectivity index (χ4v) is 3.75. The lowest BCUT2D eigenvalue weighted by atomic mass is 9.98. The summed E-state index contributed by atoms with van der Waals surface area (Å²) in [5.74, 6) is 0.661. The number of piperidine rings is 1. The molecule has 6 heteroatoms. The van der Waals surface area contributed by atoms with Crippen molar-refractivity contribution >= 4 is 17.2 Å². The molecule has 1 amide bonds. The summed E-state index contributed by atoms with van der Waals surface area (Å²) >= 11 is 1.46. The lowest BCUT2D eigenvalue weighted by Gasteiger charge is -2.32. The lowest BCUT2D eigenvalue weighted by molar-refractivity contribution is 0.0679. The molecular weight excluding hydrogens is 296 g/mol. The van der Waals surface area contributed by atoms with Crippen LogP contribution in [0.1, 0.15) is 22.5 Å². The van der Waals surface area contributed by atoms with Crippen LogP contribution in [-0.4, -0.2) is 47.5 Å². The molecule has 116 valence electrons. The molecule has 1 fully saturated rings. The Hall–Kier alpha value is -1.79. The number of carbonyl (C=O) groups excluding carboxylic acids is 1. The molecule has 0 spiro atoms. The zero-order valence-corrected chi connectivity index (χ0v) is 13.5. The van der Waals surface area contributed by atoms with Crippen molar-refractivity contribution in [2.45, 2.75) is 12.8 Å². The molecule has 1 aliphatic rings. The van der Waals surface area contributed by atoms with Gasteiger partial charge in [-0.05, 0) is 44.5 Å². The third-order valence-electron chi connectivity index (χ3n) is 3.94. The Labute approximate surface area is 134 Å². The maximum Gasteiger partial charge on any atom is 0.265 e. The number of hydrogen-bond donors (Lipinski definition) is 1. The van der Waals surface area contributed by atoms with Gasteiger partial charge in [0.1, 0.15) is 9.88 Å². The summed E-state index contributed by atoms with van der Waals surface area (Å²) in [5, 5.41) is 4.08. The van der Waals surface area contributed by atoms with E-state index >= 15 is 0 Å². The number of hydrogen-bond acceptors (Lipinski definition) is 5. The molecule has 0 saturated carbocycles. The highest BCUT2D eigenvalue weighted by Crippen LogP contribution is 2.26. The summed E-state index contributed by atoms with van der Waals surface area (Å²) in [6, 6.07) is 3.83. The molecule has 3 rings (SSSR count). The summed E-state index contributed by atoms with van der Waals surface area (Å²) < 4.78 is 0. The van der Waals surface area contributed by atoms with Crippen molar-refractivity contribution in [1.29, 1.82) is 0 Å². The van der Waals surface area contributed by atoms with Crippen LogP contribution in [0, 0.1) is 5.92 Å². The predicted molar refractivity (Wildman–Crippen MR) is 87.9 cm³/mol. The van der Waals surface area contributed by atoms with Crippen LogP contribution in [0.15, 0.2) is 30.7 Å². The molecule has 1 saturated heterocycles. The predicted octanol–water partition coefficient (Wildman–Crippen LogP) is 2.28. The number of aromatic nitrogens is 2. The number of amides is 1. The first-order chi connectivity index (χ1) is 10.8. The molecule has 0 bridgehead atoms. The largest absolute Gasteiger partial charge is 0.338 e. The Balaban J connectivity index is 1.71. The second-order valence-electron chi connectivity index (χ2n) is 5.58. The Morgan fingerprint density at radius 2 is 2.27 bits per heavy atom. The summed E-state index contributed by atoms with van der Waals surface area (Å²) in [5.41, 5.74) is 1.01. The second-order valence-corrected chi connectivity index (χ2v) is 6.61. The lowest BCUT2D eigenvalue weighted by Crippen LogP contribution is -2.42. The summed E-state index contributed by atoms with van der Waals surface area (Å²) in [6.07, 6.45) is 7.45. The van der Waals surface area contributed by atoms with Crippen LogP contribution in [-0.2, 0) is 0 Å². The highest BCUT2D eigenvalue weighted by Gasteiger charge is 2.25. The Bertz CT molecular complexity index is 626. The first-order valence-corrected chi connectivity index (χ1v) is 8.39. The fraction of sp³-hybridized carbons (Fsp3) is 0.438. The molecular formula is C16H20N4OS.